The molecule has 0 saturated heterocycles. The molecule has 3 aromatic carbocycles. The van der Waals surface area contributed by atoms with Crippen molar-refractivity contribution in [3.63, 3.8) is 0 Å². The van der Waals surface area contributed by atoms with E-state index in [1.54, 1.807) is 30.5 Å². The predicted molar refractivity (Wildman–Crippen MR) is 163 cm³/mol. The first-order chi connectivity index (χ1) is 19.1. The third kappa shape index (κ3) is 5.56. The number of anilines is 1. The number of nitrogens with zero attached hydrogens (tertiary/aromatic N) is 2. The van der Waals surface area contributed by atoms with E-state index in [0.717, 1.165) is 27.8 Å². The number of nitrogens with one attached hydrogen (secondary N) is 1. The van der Waals surface area contributed by atoms with E-state index >= 15 is 0 Å². The van der Waals surface area contributed by atoms with Crippen LogP contribution >= 0.6 is 0 Å². The number of benzene rings is 3. The van der Waals surface area contributed by atoms with Gasteiger partial charge in [-0.25, -0.2) is 13.1 Å². The van der Waals surface area contributed by atoms with Gasteiger partial charge in [-0.3, -0.25) is 9.52 Å². The van der Waals surface area contributed by atoms with E-state index in [2.05, 4.69) is 9.82 Å². The van der Waals surface area contributed by atoms with Crippen LogP contribution in [-0.4, -0.2) is 23.4 Å². The Labute approximate surface area is 235 Å². The van der Waals surface area contributed by atoms with Crippen LogP contribution in [0.15, 0.2) is 108 Å². The minimum Gasteiger partial charge on any atom is -0.283 e. The van der Waals surface area contributed by atoms with Gasteiger partial charge in [0.1, 0.15) is 5.25 Å². The minimum atomic E-state index is -3.65. The van der Waals surface area contributed by atoms with Gasteiger partial charge in [0.25, 0.3) is 5.56 Å². The lowest BCUT2D eigenvalue weighted by Crippen LogP contribution is -2.28. The van der Waals surface area contributed by atoms with Gasteiger partial charge in [0.05, 0.1) is 17.8 Å². The van der Waals surface area contributed by atoms with Gasteiger partial charge in [-0.1, -0.05) is 84.5 Å². The normalized spacial score (nSPS) is 15.9. The topological polar surface area (TPSA) is 81.1 Å². The Bertz CT molecular complexity index is 1790. The van der Waals surface area contributed by atoms with Crippen LogP contribution in [0.4, 0.5) is 5.69 Å². The molecule has 1 aliphatic rings. The van der Waals surface area contributed by atoms with Gasteiger partial charge in [-0.05, 0) is 74.1 Å². The van der Waals surface area contributed by atoms with Crippen LogP contribution in [-0.2, 0) is 10.0 Å². The van der Waals surface area contributed by atoms with E-state index in [1.165, 1.54) is 4.68 Å². The lowest BCUT2D eigenvalue weighted by molar-refractivity contribution is 0.533. The smallest absolute Gasteiger partial charge is 0.275 e. The average molecular weight is 552 g/mol. The number of aryl methyl sites for hydroxylation is 2. The first-order valence-electron chi connectivity index (χ1n) is 13.4. The number of hydrogen-bond donors (Lipinski definition) is 1. The predicted octanol–water partition coefficient (Wildman–Crippen LogP) is 6.82. The van der Waals surface area contributed by atoms with Crippen molar-refractivity contribution in [2.45, 2.75) is 45.4 Å². The lowest BCUT2D eigenvalue weighted by Gasteiger charge is -2.19. The number of hydrogen-bond acceptors (Lipinski definition) is 4. The fraction of sp³-hybridized carbons (Fsp3) is 0.212. The van der Waals surface area contributed by atoms with Crippen molar-refractivity contribution in [2.24, 2.45) is 0 Å². The van der Waals surface area contributed by atoms with Crippen molar-refractivity contribution in [1.29, 1.82) is 0 Å². The Morgan fingerprint density at radius 1 is 0.925 bits per heavy atom. The van der Waals surface area contributed by atoms with Crippen LogP contribution in [0.2, 0.25) is 0 Å². The number of rotatable bonds is 7. The van der Waals surface area contributed by atoms with Gasteiger partial charge in [0, 0.05) is 11.3 Å². The molecule has 0 radical (unpaired) electrons. The van der Waals surface area contributed by atoms with Gasteiger partial charge in [0.2, 0.25) is 10.0 Å². The summed E-state index contributed by atoms with van der Waals surface area (Å²) in [6, 6.07) is 22.7. The van der Waals surface area contributed by atoms with Crippen molar-refractivity contribution in [3.05, 3.63) is 130 Å². The van der Waals surface area contributed by atoms with E-state index < -0.39 is 15.3 Å². The van der Waals surface area contributed by atoms with Crippen molar-refractivity contribution >= 4 is 15.7 Å². The number of allylic oxidation sites excluding steroid dienone is 3. The van der Waals surface area contributed by atoms with Crippen molar-refractivity contribution < 1.29 is 8.42 Å². The summed E-state index contributed by atoms with van der Waals surface area (Å²) in [5.41, 5.74) is 7.13. The van der Waals surface area contributed by atoms with Crippen LogP contribution in [0.5, 0.6) is 0 Å². The zero-order valence-electron chi connectivity index (χ0n) is 23.1. The summed E-state index contributed by atoms with van der Waals surface area (Å²) in [4.78, 5) is 14.1. The summed E-state index contributed by atoms with van der Waals surface area (Å²) in [5.74, 6) is 0. The van der Waals surface area contributed by atoms with Crippen LogP contribution < -0.4 is 10.3 Å². The van der Waals surface area contributed by atoms with Crippen molar-refractivity contribution in [2.75, 3.05) is 4.72 Å². The molecule has 2 atom stereocenters. The van der Waals surface area contributed by atoms with E-state index in [4.69, 9.17) is 0 Å². The molecule has 40 heavy (non-hydrogen) atoms. The molecule has 1 aliphatic carbocycles. The SMILES string of the molecule is CC1=CCC(S(=O)(=O)Nc2cccc(-c3cnn(C(C)c4ccccc4)c(=O)c3-c3ccc(C)c(C)c3)c2)C=C1. The van der Waals surface area contributed by atoms with Crippen molar-refractivity contribution in [3.8, 4) is 22.3 Å². The van der Waals surface area contributed by atoms with Gasteiger partial charge >= 0.3 is 0 Å². The molecule has 0 aliphatic heterocycles. The molecule has 0 spiro atoms. The maximum atomic E-state index is 14.1. The fourth-order valence-corrected chi connectivity index (χ4v) is 6.18. The Hall–Kier alpha value is -4.23. The molecule has 7 heteroatoms. The Balaban J connectivity index is 1.60. The summed E-state index contributed by atoms with van der Waals surface area (Å²) >= 11 is 0. The average Bonchev–Trinajstić information content (AvgIpc) is 2.95. The van der Waals surface area contributed by atoms with Crippen LogP contribution in [0, 0.1) is 13.8 Å². The highest BCUT2D eigenvalue weighted by molar-refractivity contribution is 7.93. The minimum absolute atomic E-state index is 0.211. The molecule has 0 fully saturated rings. The first kappa shape index (κ1) is 27.3. The highest BCUT2D eigenvalue weighted by Crippen LogP contribution is 2.32. The maximum absolute atomic E-state index is 14.1. The molecule has 6 nitrogen and oxygen atoms in total. The fourth-order valence-electron chi connectivity index (χ4n) is 4.94. The quantitative estimate of drug-likeness (QED) is 0.273. The summed E-state index contributed by atoms with van der Waals surface area (Å²) in [6.07, 6.45) is 7.60. The second kappa shape index (κ2) is 11.1. The third-order valence-electron chi connectivity index (χ3n) is 7.53. The summed E-state index contributed by atoms with van der Waals surface area (Å²) in [7, 11) is -3.65. The van der Waals surface area contributed by atoms with E-state index in [9.17, 15) is 13.2 Å². The molecule has 1 N–H and O–H groups in total. The van der Waals surface area contributed by atoms with Gasteiger partial charge in [-0.15, -0.1) is 0 Å². The van der Waals surface area contributed by atoms with E-state index in [1.807, 2.05) is 94.4 Å². The number of sulfonamides is 1. The first-order valence-corrected chi connectivity index (χ1v) is 14.9. The largest absolute Gasteiger partial charge is 0.283 e. The summed E-state index contributed by atoms with van der Waals surface area (Å²) in [5, 5.41) is 3.95. The van der Waals surface area contributed by atoms with Gasteiger partial charge in [-0.2, -0.15) is 5.10 Å². The Morgan fingerprint density at radius 2 is 1.70 bits per heavy atom. The summed E-state index contributed by atoms with van der Waals surface area (Å²) < 4.78 is 30.5. The Morgan fingerprint density at radius 3 is 2.40 bits per heavy atom. The molecule has 2 unspecified atom stereocenters. The molecular formula is C33H33N3O3S. The molecule has 204 valence electrons. The van der Waals surface area contributed by atoms with Crippen molar-refractivity contribution in [1.82, 2.24) is 9.78 Å². The van der Waals surface area contributed by atoms with Gasteiger partial charge in [0.15, 0.2) is 0 Å². The monoisotopic (exact) mass is 551 g/mol. The molecule has 5 rings (SSSR count). The second-order valence-corrected chi connectivity index (χ2v) is 12.3. The molecule has 1 aromatic heterocycles. The second-order valence-electron chi connectivity index (χ2n) is 10.4. The molecule has 0 amide bonds. The highest BCUT2D eigenvalue weighted by atomic mass is 32.2. The van der Waals surface area contributed by atoms with E-state index in [0.29, 0.717) is 28.8 Å². The lowest BCUT2D eigenvalue weighted by atomic mass is 9.94. The highest BCUT2D eigenvalue weighted by Gasteiger charge is 2.24. The van der Waals surface area contributed by atoms with Crippen LogP contribution in [0.1, 0.15) is 43.0 Å². The molecular weight excluding hydrogens is 518 g/mol. The molecule has 4 aromatic rings. The maximum Gasteiger partial charge on any atom is 0.275 e. The molecule has 1 heterocycles. The zero-order chi connectivity index (χ0) is 28.4. The van der Waals surface area contributed by atoms with Crippen LogP contribution in [0.25, 0.3) is 22.3 Å². The molecule has 0 saturated carbocycles. The molecule has 0 bridgehead atoms. The Kier molecular flexibility index (Phi) is 7.59. The van der Waals surface area contributed by atoms with Crippen LogP contribution in [0.3, 0.4) is 0 Å². The standard InChI is InChI=1S/C33H33N3O3S/c1-22-13-17-30(18-14-22)40(38,39)35-29-12-8-11-27(20-29)31-21-34-36(25(4)26-9-6-5-7-10-26)33(37)32(31)28-16-15-23(2)24(3)19-28/h5-17,19-21,25,30,35H,18H2,1-4H3. The van der Waals surface area contributed by atoms with E-state index in [-0.39, 0.29) is 11.6 Å². The third-order valence-corrected chi connectivity index (χ3v) is 9.19. The number of aromatic nitrogens is 2. The van der Waals surface area contributed by atoms with Gasteiger partial charge < -0.3 is 0 Å². The zero-order valence-corrected chi connectivity index (χ0v) is 23.9. The summed E-state index contributed by atoms with van der Waals surface area (Å²) in [6.45, 7) is 7.97.